The molecule has 0 radical (unpaired) electrons. The van der Waals surface area contributed by atoms with Crippen molar-refractivity contribution < 1.29 is 18.3 Å². The number of nitrogens with zero attached hydrogens (tertiary/aromatic N) is 1. The molecule has 3 heterocycles. The predicted octanol–water partition coefficient (Wildman–Crippen LogP) is 2.57. The Balaban J connectivity index is 1.65. The normalized spacial score (nSPS) is 21.2. The summed E-state index contributed by atoms with van der Waals surface area (Å²) >= 11 is 1.16. The molecule has 4 nitrogen and oxygen atoms in total. The Morgan fingerprint density at radius 3 is 2.76 bits per heavy atom. The number of halogens is 2. The number of piperidine rings is 1. The molecular weight excluding hydrogens is 298 g/mol. The van der Waals surface area contributed by atoms with Crippen LogP contribution in [0.15, 0.2) is 11.4 Å². The topological polar surface area (TPSA) is 41.6 Å². The number of thiophene rings is 1. The molecule has 21 heavy (non-hydrogen) atoms. The molecule has 1 aromatic rings. The second-order valence-electron chi connectivity index (χ2n) is 5.71. The molecule has 0 bridgehead atoms. The fourth-order valence-electron chi connectivity index (χ4n) is 3.19. The summed E-state index contributed by atoms with van der Waals surface area (Å²) in [5, 5.41) is 4.99. The first-order valence-electron chi connectivity index (χ1n) is 7.12. The lowest BCUT2D eigenvalue weighted by Crippen LogP contribution is -2.43. The maximum Gasteiger partial charge on any atom is 0.387 e. The molecule has 2 fully saturated rings. The number of likely N-dealkylation sites (tertiary alicyclic amines) is 1. The Kier molecular flexibility index (Phi) is 4.12. The largest absolute Gasteiger partial charge is 0.433 e. The van der Waals surface area contributed by atoms with Crippen molar-refractivity contribution >= 4 is 17.2 Å². The Morgan fingerprint density at radius 1 is 1.38 bits per heavy atom. The van der Waals surface area contributed by atoms with Crippen LogP contribution >= 0.6 is 11.3 Å². The van der Waals surface area contributed by atoms with E-state index >= 15 is 0 Å². The van der Waals surface area contributed by atoms with E-state index in [9.17, 15) is 13.6 Å². The molecule has 1 aromatic heterocycles. The van der Waals surface area contributed by atoms with Gasteiger partial charge in [0.05, 0.1) is 0 Å². The van der Waals surface area contributed by atoms with E-state index in [2.05, 4.69) is 10.1 Å². The minimum atomic E-state index is -2.90. The number of carbonyl (C=O) groups is 1. The lowest BCUT2D eigenvalue weighted by Gasteiger charge is -2.38. The zero-order valence-electron chi connectivity index (χ0n) is 11.6. The van der Waals surface area contributed by atoms with Crippen LogP contribution < -0.4 is 10.1 Å². The summed E-state index contributed by atoms with van der Waals surface area (Å²) < 4.78 is 29.1. The lowest BCUT2D eigenvalue weighted by atomic mass is 9.78. The smallest absolute Gasteiger partial charge is 0.387 e. The Morgan fingerprint density at radius 2 is 2.14 bits per heavy atom. The highest BCUT2D eigenvalue weighted by Crippen LogP contribution is 2.38. The molecule has 0 atom stereocenters. The average Bonchev–Trinajstić information content (AvgIpc) is 3.08. The van der Waals surface area contributed by atoms with Crippen LogP contribution in [-0.4, -0.2) is 43.6 Å². The highest BCUT2D eigenvalue weighted by molar-refractivity contribution is 7.12. The van der Waals surface area contributed by atoms with Gasteiger partial charge in [-0.2, -0.15) is 8.78 Å². The zero-order chi connectivity index (χ0) is 14.9. The van der Waals surface area contributed by atoms with Gasteiger partial charge in [0.1, 0.15) is 10.6 Å². The van der Waals surface area contributed by atoms with Gasteiger partial charge in [0.15, 0.2) is 0 Å². The summed E-state index contributed by atoms with van der Waals surface area (Å²) in [5.74, 6) is -0.204. The van der Waals surface area contributed by atoms with Gasteiger partial charge in [0.25, 0.3) is 5.91 Å². The van der Waals surface area contributed by atoms with Crippen LogP contribution in [0.4, 0.5) is 8.78 Å². The van der Waals surface area contributed by atoms with Crippen molar-refractivity contribution in [3.63, 3.8) is 0 Å². The molecule has 3 rings (SSSR count). The van der Waals surface area contributed by atoms with Crippen LogP contribution in [0.5, 0.6) is 5.75 Å². The molecule has 2 aliphatic rings. The Hall–Kier alpha value is -1.21. The van der Waals surface area contributed by atoms with E-state index in [0.29, 0.717) is 18.5 Å². The molecule has 0 aromatic carbocycles. The third-order valence-corrected chi connectivity index (χ3v) is 5.37. The molecule has 116 valence electrons. The van der Waals surface area contributed by atoms with Gasteiger partial charge in [0, 0.05) is 19.6 Å². The van der Waals surface area contributed by atoms with Crippen LogP contribution in [0.3, 0.4) is 0 Å². The quantitative estimate of drug-likeness (QED) is 0.932. The van der Waals surface area contributed by atoms with Crippen molar-refractivity contribution in [2.24, 2.45) is 5.41 Å². The average molecular weight is 316 g/mol. The number of carbonyl (C=O) groups excluding carboxylic acids is 1. The van der Waals surface area contributed by atoms with Crippen molar-refractivity contribution in [3.05, 3.63) is 16.3 Å². The molecule has 2 saturated heterocycles. The number of nitrogens with one attached hydrogen (secondary N) is 1. The highest BCUT2D eigenvalue weighted by Gasteiger charge is 2.38. The van der Waals surface area contributed by atoms with Crippen LogP contribution in [0.2, 0.25) is 0 Å². The molecule has 0 aliphatic carbocycles. The third kappa shape index (κ3) is 3.03. The van der Waals surface area contributed by atoms with Crippen LogP contribution in [-0.2, 0) is 0 Å². The number of hydrogen-bond acceptors (Lipinski definition) is 4. The van der Waals surface area contributed by atoms with Crippen molar-refractivity contribution in [1.82, 2.24) is 10.2 Å². The Bertz CT molecular complexity index is 505. The lowest BCUT2D eigenvalue weighted by molar-refractivity contribution is -0.0499. The standard InChI is InChI=1S/C14H18F2N2O2S/c15-13(16)20-10-1-8-21-11(10)12(19)18-6-3-14(4-7-18)2-5-17-9-14/h1,8,13,17H,2-7,9H2. The van der Waals surface area contributed by atoms with E-state index in [1.54, 1.807) is 10.3 Å². The first-order chi connectivity index (χ1) is 10.1. The van der Waals surface area contributed by atoms with Gasteiger partial charge < -0.3 is 15.0 Å². The summed E-state index contributed by atoms with van der Waals surface area (Å²) in [4.78, 5) is 14.5. The molecular formula is C14H18F2N2O2S. The minimum absolute atomic E-state index is 0.0113. The SMILES string of the molecule is O=C(c1sccc1OC(F)F)N1CCC2(CCNC2)CC1. The number of ether oxygens (including phenoxy) is 1. The maximum absolute atomic E-state index is 12.5. The first-order valence-corrected chi connectivity index (χ1v) is 8.00. The second kappa shape index (κ2) is 5.88. The third-order valence-electron chi connectivity index (χ3n) is 4.48. The molecule has 1 amide bonds. The molecule has 0 saturated carbocycles. The maximum atomic E-state index is 12.5. The molecule has 0 unspecified atom stereocenters. The van der Waals surface area contributed by atoms with Gasteiger partial charge >= 0.3 is 6.61 Å². The molecule has 2 aliphatic heterocycles. The van der Waals surface area contributed by atoms with Crippen LogP contribution in [0.1, 0.15) is 28.9 Å². The second-order valence-corrected chi connectivity index (χ2v) is 6.63. The van der Waals surface area contributed by atoms with Gasteiger partial charge in [-0.1, -0.05) is 0 Å². The number of alkyl halides is 2. The van der Waals surface area contributed by atoms with Crippen molar-refractivity contribution in [2.45, 2.75) is 25.9 Å². The van der Waals surface area contributed by atoms with E-state index in [1.807, 2.05) is 0 Å². The highest BCUT2D eigenvalue weighted by atomic mass is 32.1. The Labute approximate surface area is 126 Å². The zero-order valence-corrected chi connectivity index (χ0v) is 12.4. The van der Waals surface area contributed by atoms with E-state index in [-0.39, 0.29) is 16.5 Å². The summed E-state index contributed by atoms with van der Waals surface area (Å²) in [6.07, 6.45) is 3.11. The first kappa shape index (κ1) is 14.7. The molecule has 1 spiro atoms. The van der Waals surface area contributed by atoms with Crippen molar-refractivity contribution in [1.29, 1.82) is 0 Å². The summed E-state index contributed by atoms with van der Waals surface area (Å²) in [5.41, 5.74) is 0.328. The molecule has 1 N–H and O–H groups in total. The fraction of sp³-hybridized carbons (Fsp3) is 0.643. The van der Waals surface area contributed by atoms with E-state index in [4.69, 9.17) is 0 Å². The van der Waals surface area contributed by atoms with Crippen molar-refractivity contribution in [3.8, 4) is 5.75 Å². The van der Waals surface area contributed by atoms with E-state index in [1.165, 1.54) is 6.07 Å². The summed E-state index contributed by atoms with van der Waals surface area (Å²) in [7, 11) is 0. The van der Waals surface area contributed by atoms with Crippen molar-refractivity contribution in [2.75, 3.05) is 26.2 Å². The van der Waals surface area contributed by atoms with Crippen LogP contribution in [0.25, 0.3) is 0 Å². The fourth-order valence-corrected chi connectivity index (χ4v) is 3.98. The van der Waals surface area contributed by atoms with Gasteiger partial charge in [0.2, 0.25) is 0 Å². The van der Waals surface area contributed by atoms with Gasteiger partial charge in [-0.3, -0.25) is 4.79 Å². The van der Waals surface area contributed by atoms with Crippen LogP contribution in [0, 0.1) is 5.41 Å². The van der Waals surface area contributed by atoms with E-state index < -0.39 is 6.61 Å². The number of rotatable bonds is 3. The molecule has 7 heteroatoms. The van der Waals surface area contributed by atoms with E-state index in [0.717, 1.165) is 43.7 Å². The van der Waals surface area contributed by atoms with Gasteiger partial charge in [-0.25, -0.2) is 0 Å². The number of amides is 1. The van der Waals surface area contributed by atoms with Gasteiger partial charge in [-0.15, -0.1) is 11.3 Å². The predicted molar refractivity (Wildman–Crippen MR) is 76.0 cm³/mol. The summed E-state index contributed by atoms with van der Waals surface area (Å²) in [6, 6.07) is 1.43. The van der Waals surface area contributed by atoms with Gasteiger partial charge in [-0.05, 0) is 42.7 Å². The summed E-state index contributed by atoms with van der Waals surface area (Å²) in [6.45, 7) is 0.540. The minimum Gasteiger partial charge on any atom is -0.433 e. The number of hydrogen-bond donors (Lipinski definition) is 1. The monoisotopic (exact) mass is 316 g/mol.